The molecule has 144 valence electrons. The minimum atomic E-state index is -0.330. The number of nitrogens with zero attached hydrogens (tertiary/aromatic N) is 1. The van der Waals surface area contributed by atoms with Crippen molar-refractivity contribution in [1.29, 1.82) is 5.41 Å². The van der Waals surface area contributed by atoms with Crippen LogP contribution in [0.1, 0.15) is 12.8 Å². The molecule has 5 N–H and O–H groups in total. The molecule has 0 unspecified atom stereocenters. The Morgan fingerprint density at radius 3 is 3.00 bits per heavy atom. The van der Waals surface area contributed by atoms with E-state index < -0.39 is 0 Å². The zero-order chi connectivity index (χ0) is 19.2. The van der Waals surface area contributed by atoms with Crippen LogP contribution in [0.2, 0.25) is 0 Å². The average molecular weight is 372 g/mol. The summed E-state index contributed by atoms with van der Waals surface area (Å²) in [6, 6.07) is 6.20. The van der Waals surface area contributed by atoms with Crippen molar-refractivity contribution in [3.8, 4) is 0 Å². The lowest BCUT2D eigenvalue weighted by Crippen LogP contribution is -2.50. The van der Waals surface area contributed by atoms with Gasteiger partial charge in [-0.05, 0) is 37.1 Å². The Kier molecular flexibility index (Phi) is 5.95. The molecule has 2 aliphatic rings. The van der Waals surface area contributed by atoms with Gasteiger partial charge >= 0.3 is 0 Å². The summed E-state index contributed by atoms with van der Waals surface area (Å²) in [6.07, 6.45) is 5.42. The van der Waals surface area contributed by atoms with E-state index in [1.54, 1.807) is 18.3 Å². The van der Waals surface area contributed by atoms with E-state index in [0.29, 0.717) is 24.6 Å². The fourth-order valence-electron chi connectivity index (χ4n) is 3.28. The number of nitrogens with one attached hydrogen (secondary N) is 5. The Labute approximate surface area is 158 Å². The van der Waals surface area contributed by atoms with Crippen molar-refractivity contribution in [3.63, 3.8) is 0 Å². The Morgan fingerprint density at radius 2 is 2.30 bits per heavy atom. The molecule has 2 aliphatic heterocycles. The second kappa shape index (κ2) is 8.57. The molecular formula is C19H25FN6O. The minimum Gasteiger partial charge on any atom is -0.376 e. The third-order valence-corrected chi connectivity index (χ3v) is 4.66. The second-order valence-corrected chi connectivity index (χ2v) is 6.58. The molecule has 3 rings (SSSR count). The highest BCUT2D eigenvalue weighted by atomic mass is 19.1. The van der Waals surface area contributed by atoms with E-state index in [1.165, 1.54) is 12.1 Å². The standard InChI is InChI=1S/C19H25FN6O/c1-22-19(16-7-8-23-18(16)21)25-15-6-3-9-26(12-15)17(27)11-24-14-5-2-4-13(20)10-14/h2,4-5,7-8,10,15,22,24-25H,3,6,9,11-12H2,1H3,(H2,21,23)/b19-16+/t15-/m0/s1. The largest absolute Gasteiger partial charge is 0.376 e. The highest BCUT2D eigenvalue weighted by molar-refractivity contribution is 6.02. The zero-order valence-corrected chi connectivity index (χ0v) is 15.3. The summed E-state index contributed by atoms with van der Waals surface area (Å²) in [4.78, 5) is 14.3. The first-order valence-electron chi connectivity index (χ1n) is 9.04. The number of amides is 1. The van der Waals surface area contributed by atoms with Gasteiger partial charge in [0.25, 0.3) is 0 Å². The monoisotopic (exact) mass is 372 g/mol. The van der Waals surface area contributed by atoms with Gasteiger partial charge in [0.05, 0.1) is 12.1 Å². The molecule has 8 heteroatoms. The average Bonchev–Trinajstić information content (AvgIpc) is 3.10. The Bertz CT molecular complexity index is 775. The highest BCUT2D eigenvalue weighted by Crippen LogP contribution is 2.15. The quantitative estimate of drug-likeness (QED) is 0.520. The molecule has 0 aliphatic carbocycles. The molecule has 0 spiro atoms. The SMILES string of the molecule is CN/C(N[C@H]1CCCN(C(=O)CNc2cccc(F)c2)C1)=C1/C=CNC1=N. The van der Waals surface area contributed by atoms with Crippen LogP contribution in [0.4, 0.5) is 10.1 Å². The van der Waals surface area contributed by atoms with Crippen LogP contribution in [0, 0.1) is 11.2 Å². The molecule has 7 nitrogen and oxygen atoms in total. The van der Waals surface area contributed by atoms with E-state index in [9.17, 15) is 9.18 Å². The van der Waals surface area contributed by atoms with E-state index in [4.69, 9.17) is 5.41 Å². The van der Waals surface area contributed by atoms with E-state index >= 15 is 0 Å². The van der Waals surface area contributed by atoms with Gasteiger partial charge in [0.15, 0.2) is 0 Å². The number of hydrogen-bond donors (Lipinski definition) is 5. The molecule has 1 saturated heterocycles. The van der Waals surface area contributed by atoms with Crippen molar-refractivity contribution in [2.24, 2.45) is 0 Å². The number of halogens is 1. The molecule has 1 amide bonds. The van der Waals surface area contributed by atoms with Crippen molar-refractivity contribution < 1.29 is 9.18 Å². The maximum Gasteiger partial charge on any atom is 0.241 e. The van der Waals surface area contributed by atoms with Crippen LogP contribution in [0.25, 0.3) is 0 Å². The Hall–Kier alpha value is -3.03. The van der Waals surface area contributed by atoms with Crippen molar-refractivity contribution >= 4 is 17.4 Å². The third kappa shape index (κ3) is 4.78. The Morgan fingerprint density at radius 1 is 1.44 bits per heavy atom. The van der Waals surface area contributed by atoms with Crippen LogP contribution in [0.5, 0.6) is 0 Å². The second-order valence-electron chi connectivity index (χ2n) is 6.58. The van der Waals surface area contributed by atoms with E-state index in [1.807, 2.05) is 18.0 Å². The molecule has 27 heavy (non-hydrogen) atoms. The van der Waals surface area contributed by atoms with Gasteiger partial charge in [0.2, 0.25) is 5.91 Å². The predicted molar refractivity (Wildman–Crippen MR) is 104 cm³/mol. The highest BCUT2D eigenvalue weighted by Gasteiger charge is 2.25. The van der Waals surface area contributed by atoms with Crippen molar-refractivity contribution in [3.05, 3.63) is 53.8 Å². The third-order valence-electron chi connectivity index (χ3n) is 4.66. The van der Waals surface area contributed by atoms with E-state index in [2.05, 4.69) is 21.3 Å². The van der Waals surface area contributed by atoms with Gasteiger partial charge in [0.1, 0.15) is 17.5 Å². The van der Waals surface area contributed by atoms with Gasteiger partial charge in [-0.15, -0.1) is 0 Å². The first-order valence-corrected chi connectivity index (χ1v) is 9.04. The number of carbonyl (C=O) groups excluding carboxylic acids is 1. The number of likely N-dealkylation sites (tertiary alicyclic amines) is 1. The van der Waals surface area contributed by atoms with Crippen molar-refractivity contribution in [1.82, 2.24) is 20.9 Å². The number of amidine groups is 1. The summed E-state index contributed by atoms with van der Waals surface area (Å²) in [5.41, 5.74) is 1.37. The lowest BCUT2D eigenvalue weighted by molar-refractivity contribution is -0.130. The summed E-state index contributed by atoms with van der Waals surface area (Å²) in [6.45, 7) is 1.44. The summed E-state index contributed by atoms with van der Waals surface area (Å²) >= 11 is 0. The maximum absolute atomic E-state index is 13.2. The fourth-order valence-corrected chi connectivity index (χ4v) is 3.28. The van der Waals surface area contributed by atoms with Crippen molar-refractivity contribution in [2.45, 2.75) is 18.9 Å². The van der Waals surface area contributed by atoms with Crippen LogP contribution in [-0.2, 0) is 4.79 Å². The van der Waals surface area contributed by atoms with Gasteiger partial charge < -0.3 is 26.2 Å². The number of hydrogen-bond acceptors (Lipinski definition) is 5. The summed E-state index contributed by atoms with van der Waals surface area (Å²) < 4.78 is 13.2. The Balaban J connectivity index is 1.56. The molecule has 1 atom stereocenters. The van der Waals surface area contributed by atoms with Crippen LogP contribution in [0.15, 0.2) is 47.9 Å². The van der Waals surface area contributed by atoms with Gasteiger partial charge in [-0.2, -0.15) is 0 Å². The maximum atomic E-state index is 13.2. The smallest absolute Gasteiger partial charge is 0.241 e. The molecule has 0 aromatic heterocycles. The van der Waals surface area contributed by atoms with Gasteiger partial charge in [-0.3, -0.25) is 10.2 Å². The molecule has 1 aromatic rings. The lowest BCUT2D eigenvalue weighted by atomic mass is 10.1. The first-order chi connectivity index (χ1) is 13.1. The lowest BCUT2D eigenvalue weighted by Gasteiger charge is -2.34. The molecule has 1 fully saturated rings. The molecule has 0 saturated carbocycles. The van der Waals surface area contributed by atoms with Crippen LogP contribution in [-0.4, -0.2) is 49.4 Å². The molecular weight excluding hydrogens is 347 g/mol. The number of piperidine rings is 1. The molecule has 1 aromatic carbocycles. The topological polar surface area (TPSA) is 92.3 Å². The van der Waals surface area contributed by atoms with Gasteiger partial charge in [-0.25, -0.2) is 4.39 Å². The van der Waals surface area contributed by atoms with Crippen LogP contribution >= 0.6 is 0 Å². The van der Waals surface area contributed by atoms with Gasteiger partial charge in [-0.1, -0.05) is 6.07 Å². The zero-order valence-electron chi connectivity index (χ0n) is 15.3. The molecule has 2 heterocycles. The fraction of sp³-hybridized carbons (Fsp3) is 0.368. The number of benzene rings is 1. The van der Waals surface area contributed by atoms with E-state index in [-0.39, 0.29) is 24.3 Å². The normalized spacial score (nSPS) is 20.9. The van der Waals surface area contributed by atoms with Gasteiger partial charge in [0, 0.05) is 38.1 Å². The number of anilines is 1. The number of carbonyl (C=O) groups is 1. The molecule has 0 radical (unpaired) electrons. The molecule has 0 bridgehead atoms. The number of rotatable bonds is 6. The van der Waals surface area contributed by atoms with Crippen molar-refractivity contribution in [2.75, 3.05) is 32.0 Å². The first kappa shape index (κ1) is 18.8. The van der Waals surface area contributed by atoms with E-state index in [0.717, 1.165) is 24.2 Å². The summed E-state index contributed by atoms with van der Waals surface area (Å²) in [5, 5.41) is 20.3. The van der Waals surface area contributed by atoms with Crippen LogP contribution in [0.3, 0.4) is 0 Å². The predicted octanol–water partition coefficient (Wildman–Crippen LogP) is 1.34. The summed E-state index contributed by atoms with van der Waals surface area (Å²) in [5.74, 6) is 0.774. The summed E-state index contributed by atoms with van der Waals surface area (Å²) in [7, 11) is 1.81. The minimum absolute atomic E-state index is 0.0143. The van der Waals surface area contributed by atoms with Crippen LogP contribution < -0.4 is 21.3 Å².